The van der Waals surface area contributed by atoms with Crippen molar-refractivity contribution in [3.8, 4) is 0 Å². The van der Waals surface area contributed by atoms with E-state index in [0.717, 1.165) is 34.6 Å². The number of pyridine rings is 1. The Bertz CT molecular complexity index is 1450. The van der Waals surface area contributed by atoms with Crippen LogP contribution in [0.2, 0.25) is 0 Å². The molecule has 1 saturated carbocycles. The molecule has 5 rings (SSSR count). The maximum Gasteiger partial charge on any atom is 0.501 e. The summed E-state index contributed by atoms with van der Waals surface area (Å²) in [6.45, 7) is 0.0382. The van der Waals surface area contributed by atoms with Crippen LogP contribution >= 0.6 is 0 Å². The summed E-state index contributed by atoms with van der Waals surface area (Å²) in [7, 11) is -5.55. The topological polar surface area (TPSA) is 114 Å². The van der Waals surface area contributed by atoms with Gasteiger partial charge < -0.3 is 10.6 Å². The van der Waals surface area contributed by atoms with Crippen molar-refractivity contribution >= 4 is 44.1 Å². The van der Waals surface area contributed by atoms with Crippen LogP contribution in [0.1, 0.15) is 18.4 Å². The second kappa shape index (κ2) is 7.16. The van der Waals surface area contributed by atoms with Crippen LogP contribution in [0.15, 0.2) is 59.6 Å². The number of nitrogen functional groups attached to an aromatic ring is 1. The first kappa shape index (κ1) is 22.1. The normalized spacial score (nSPS) is 17.7. The Balaban J connectivity index is 1.50. The van der Waals surface area contributed by atoms with Crippen LogP contribution in [-0.4, -0.2) is 41.3 Å². The average molecular weight is 490 g/mol. The van der Waals surface area contributed by atoms with Gasteiger partial charge in [-0.3, -0.25) is 9.78 Å². The van der Waals surface area contributed by atoms with Gasteiger partial charge in [0.2, 0.25) is 0 Å². The number of benzene rings is 2. The SMILES string of the molecule is Nc1cnc2ccccc2c1CN1C(=O)N(c2ccc(S(=O)(=O)C(F)(F)F)cc2)C(=O)C12CC2. The third-order valence-electron chi connectivity index (χ3n) is 6.21. The van der Waals surface area contributed by atoms with Crippen LogP contribution in [0.4, 0.5) is 29.3 Å². The van der Waals surface area contributed by atoms with Gasteiger partial charge in [-0.25, -0.2) is 18.1 Å². The molecule has 1 saturated heterocycles. The van der Waals surface area contributed by atoms with Gasteiger partial charge in [-0.15, -0.1) is 0 Å². The van der Waals surface area contributed by atoms with Crippen molar-refractivity contribution in [3.05, 3.63) is 60.3 Å². The third kappa shape index (κ3) is 3.12. The summed E-state index contributed by atoms with van der Waals surface area (Å²) < 4.78 is 61.7. The molecular weight excluding hydrogens is 473 g/mol. The van der Waals surface area contributed by atoms with Crippen molar-refractivity contribution in [2.45, 2.75) is 35.3 Å². The fraction of sp³-hybridized carbons (Fsp3) is 0.227. The molecule has 0 radical (unpaired) electrons. The number of aromatic nitrogens is 1. The number of carbonyl (C=O) groups is 2. The van der Waals surface area contributed by atoms with Gasteiger partial charge >= 0.3 is 11.5 Å². The lowest BCUT2D eigenvalue weighted by Gasteiger charge is -2.23. The molecule has 2 aliphatic rings. The minimum Gasteiger partial charge on any atom is -0.397 e. The number of sulfone groups is 1. The van der Waals surface area contributed by atoms with Gasteiger partial charge in [0.1, 0.15) is 5.54 Å². The van der Waals surface area contributed by atoms with Crippen LogP contribution in [-0.2, 0) is 21.2 Å². The number of anilines is 2. The van der Waals surface area contributed by atoms with E-state index in [4.69, 9.17) is 5.73 Å². The molecule has 8 nitrogen and oxygen atoms in total. The Morgan fingerprint density at radius 2 is 1.68 bits per heavy atom. The zero-order valence-corrected chi connectivity index (χ0v) is 18.2. The fourth-order valence-electron chi connectivity index (χ4n) is 4.22. The molecule has 176 valence electrons. The van der Waals surface area contributed by atoms with Crippen LogP contribution in [0.5, 0.6) is 0 Å². The fourth-order valence-corrected chi connectivity index (χ4v) is 4.98. The number of hydrogen-bond donors (Lipinski definition) is 1. The van der Waals surface area contributed by atoms with E-state index < -0.39 is 37.7 Å². The van der Waals surface area contributed by atoms with Crippen molar-refractivity contribution in [1.82, 2.24) is 9.88 Å². The number of hydrogen-bond acceptors (Lipinski definition) is 6. The zero-order chi connectivity index (χ0) is 24.5. The number of nitrogens with two attached hydrogens (primary N) is 1. The number of para-hydroxylation sites is 1. The Kier molecular flexibility index (Phi) is 4.66. The van der Waals surface area contributed by atoms with E-state index in [1.54, 1.807) is 12.1 Å². The van der Waals surface area contributed by atoms with E-state index >= 15 is 0 Å². The molecule has 1 aliphatic heterocycles. The zero-order valence-electron chi connectivity index (χ0n) is 17.4. The number of fused-ring (bicyclic) bond motifs is 1. The minimum absolute atomic E-state index is 0.0162. The number of halogens is 3. The monoisotopic (exact) mass is 490 g/mol. The van der Waals surface area contributed by atoms with Crippen molar-refractivity contribution in [1.29, 1.82) is 0 Å². The van der Waals surface area contributed by atoms with E-state index in [9.17, 15) is 31.2 Å². The van der Waals surface area contributed by atoms with Crippen LogP contribution in [0.25, 0.3) is 10.9 Å². The van der Waals surface area contributed by atoms with Crippen molar-refractivity contribution in [2.24, 2.45) is 0 Å². The van der Waals surface area contributed by atoms with E-state index in [-0.39, 0.29) is 12.2 Å². The number of amides is 3. The second-order valence-electron chi connectivity index (χ2n) is 8.19. The summed E-state index contributed by atoms with van der Waals surface area (Å²) in [6, 6.07) is 10.1. The quantitative estimate of drug-likeness (QED) is 0.559. The second-order valence-corrected chi connectivity index (χ2v) is 10.1. The molecule has 3 aromatic rings. The highest BCUT2D eigenvalue weighted by Gasteiger charge is 2.65. The lowest BCUT2D eigenvalue weighted by molar-refractivity contribution is -0.120. The van der Waals surface area contributed by atoms with Gasteiger partial charge in [0.05, 0.1) is 34.5 Å². The van der Waals surface area contributed by atoms with Crippen molar-refractivity contribution < 1.29 is 31.2 Å². The molecule has 1 aliphatic carbocycles. The molecule has 3 amide bonds. The highest BCUT2D eigenvalue weighted by Crippen LogP contribution is 2.50. The third-order valence-corrected chi connectivity index (χ3v) is 7.71. The number of rotatable bonds is 4. The minimum atomic E-state index is -5.55. The molecule has 1 spiro atoms. The van der Waals surface area contributed by atoms with Crippen LogP contribution in [0.3, 0.4) is 0 Å². The van der Waals surface area contributed by atoms with Gasteiger partial charge in [-0.2, -0.15) is 13.2 Å². The first-order valence-electron chi connectivity index (χ1n) is 10.2. The number of urea groups is 1. The van der Waals surface area contributed by atoms with Gasteiger partial charge in [0.25, 0.3) is 15.7 Å². The summed E-state index contributed by atoms with van der Waals surface area (Å²) in [6.07, 6.45) is 2.34. The van der Waals surface area contributed by atoms with Gasteiger partial charge in [-0.05, 0) is 43.2 Å². The highest BCUT2D eigenvalue weighted by atomic mass is 32.2. The summed E-state index contributed by atoms with van der Waals surface area (Å²) >= 11 is 0. The first-order valence-corrected chi connectivity index (χ1v) is 11.7. The van der Waals surface area contributed by atoms with Crippen molar-refractivity contribution in [2.75, 3.05) is 10.6 Å². The van der Waals surface area contributed by atoms with Gasteiger partial charge in [-0.1, -0.05) is 18.2 Å². The maximum absolute atomic E-state index is 13.3. The molecule has 0 atom stereocenters. The molecule has 34 heavy (non-hydrogen) atoms. The first-order chi connectivity index (χ1) is 16.0. The van der Waals surface area contributed by atoms with Gasteiger partial charge in [0.15, 0.2) is 0 Å². The van der Waals surface area contributed by atoms with E-state index in [2.05, 4.69) is 4.98 Å². The maximum atomic E-state index is 13.3. The standard InChI is InChI=1S/C22H17F3N4O4S/c23-22(24,25)34(32,33)14-7-5-13(6-8-14)29-19(30)21(9-10-21)28(20(29)31)12-16-15-3-1-2-4-18(15)27-11-17(16)26/h1-8,11H,9-10,12,26H2. The highest BCUT2D eigenvalue weighted by molar-refractivity contribution is 7.92. The molecule has 0 unspecified atom stereocenters. The van der Waals surface area contributed by atoms with E-state index in [0.29, 0.717) is 29.6 Å². The average Bonchev–Trinajstić information content (AvgIpc) is 3.56. The number of nitrogens with zero attached hydrogens (tertiary/aromatic N) is 3. The number of alkyl halides is 3. The Morgan fingerprint density at radius 3 is 2.29 bits per heavy atom. The summed E-state index contributed by atoms with van der Waals surface area (Å²) in [4.78, 5) is 32.1. The number of imide groups is 1. The molecule has 2 fully saturated rings. The Labute approximate surface area is 191 Å². The molecule has 12 heteroatoms. The Hall–Kier alpha value is -3.67. The lowest BCUT2D eigenvalue weighted by Crippen LogP contribution is -2.36. The summed E-state index contributed by atoms with van der Waals surface area (Å²) in [5, 5.41) is 0.735. The number of carbonyl (C=O) groups excluding carboxylic acids is 2. The van der Waals surface area contributed by atoms with E-state index in [1.165, 1.54) is 11.1 Å². The molecule has 2 N–H and O–H groups in total. The molecule has 2 heterocycles. The molecule has 1 aromatic heterocycles. The summed E-state index contributed by atoms with van der Waals surface area (Å²) in [5.41, 5.74) is 1.26. The van der Waals surface area contributed by atoms with Gasteiger partial charge in [0, 0.05) is 10.9 Å². The molecule has 0 bridgehead atoms. The molecular formula is C22H17F3N4O4S. The predicted octanol–water partition coefficient (Wildman–Crippen LogP) is 3.61. The lowest BCUT2D eigenvalue weighted by atomic mass is 10.1. The summed E-state index contributed by atoms with van der Waals surface area (Å²) in [5.74, 6) is -0.513. The predicted molar refractivity (Wildman–Crippen MR) is 116 cm³/mol. The largest absolute Gasteiger partial charge is 0.501 e. The smallest absolute Gasteiger partial charge is 0.397 e. The van der Waals surface area contributed by atoms with Crippen LogP contribution in [0, 0.1) is 0 Å². The van der Waals surface area contributed by atoms with E-state index in [1.807, 2.05) is 12.1 Å². The molecule has 2 aromatic carbocycles. The van der Waals surface area contributed by atoms with Crippen LogP contribution < -0.4 is 10.6 Å². The Morgan fingerprint density at radius 1 is 1.03 bits per heavy atom. The van der Waals surface area contributed by atoms with Crippen molar-refractivity contribution in [3.63, 3.8) is 0 Å².